The normalized spacial score (nSPS) is 24.9. The van der Waals surface area contributed by atoms with E-state index < -0.39 is 53.2 Å². The van der Waals surface area contributed by atoms with E-state index in [0.717, 1.165) is 18.3 Å². The third-order valence-corrected chi connectivity index (χ3v) is 7.09. The summed E-state index contributed by atoms with van der Waals surface area (Å²) in [5, 5.41) is 16.4. The maximum Gasteiger partial charge on any atom is 0.418 e. The number of nitrogens with one attached hydrogen (secondary N) is 2. The lowest BCUT2D eigenvalue weighted by Crippen LogP contribution is -2.70. The zero-order valence-electron chi connectivity index (χ0n) is 19.4. The maximum atomic E-state index is 13.5. The van der Waals surface area contributed by atoms with E-state index in [1.807, 2.05) is 0 Å². The van der Waals surface area contributed by atoms with Gasteiger partial charge in [0.2, 0.25) is 0 Å². The van der Waals surface area contributed by atoms with E-state index in [-0.39, 0.29) is 29.5 Å². The number of aliphatic hydroxyl groups is 1. The monoisotopic (exact) mass is 545 g/mol. The molecular formula is C24H24ClF4N3O5. The van der Waals surface area contributed by atoms with Crippen molar-refractivity contribution in [2.24, 2.45) is 0 Å². The molecule has 0 spiro atoms. The van der Waals surface area contributed by atoms with Gasteiger partial charge in [-0.05, 0) is 50.3 Å². The van der Waals surface area contributed by atoms with Crippen molar-refractivity contribution < 1.29 is 41.7 Å². The molecule has 3 N–H and O–H groups in total. The number of aromatic nitrogens is 1. The lowest BCUT2D eigenvalue weighted by Gasteiger charge is -2.56. The van der Waals surface area contributed by atoms with Gasteiger partial charge in [0.25, 0.3) is 11.8 Å². The molecule has 2 amide bonds. The molecule has 2 aromatic rings. The molecule has 5 rings (SSSR count). The van der Waals surface area contributed by atoms with Gasteiger partial charge in [-0.3, -0.25) is 14.6 Å². The summed E-state index contributed by atoms with van der Waals surface area (Å²) in [4.78, 5) is 28.5. The first kappa shape index (κ1) is 26.9. The van der Waals surface area contributed by atoms with Crippen LogP contribution in [0.25, 0.3) is 0 Å². The molecular weight excluding hydrogens is 522 g/mol. The Morgan fingerprint density at radius 1 is 1.03 bits per heavy atom. The van der Waals surface area contributed by atoms with E-state index in [1.165, 1.54) is 12.1 Å². The third-order valence-electron chi connectivity index (χ3n) is 6.79. The number of aliphatic hydroxyl groups excluding tert-OH is 1. The molecule has 3 aliphatic rings. The standard InChI is InChI=1S/C24H24ClF4N3O5/c25-17-2-1-15(8-18(17)26)36-12-20(34)31-22-3-5-23(6-4-22,19(33)9-22)32-21(35)13-37-16-7-14(10-30-11-16)24(27,28)29/h1-2,7-8,10-11,19,33H,3-6,9,12-13H2,(H,31,34)(H,32,35)/t19-,22?,23?/m0/s1. The van der Waals surface area contributed by atoms with Gasteiger partial charge in [-0.25, -0.2) is 4.39 Å². The van der Waals surface area contributed by atoms with Crippen molar-refractivity contribution in [3.63, 3.8) is 0 Å². The Balaban J connectivity index is 1.28. The molecule has 13 heteroatoms. The Kier molecular flexibility index (Phi) is 7.52. The number of hydrogen-bond acceptors (Lipinski definition) is 6. The number of rotatable bonds is 8. The highest BCUT2D eigenvalue weighted by atomic mass is 35.5. The van der Waals surface area contributed by atoms with Crippen LogP contribution in [0, 0.1) is 5.82 Å². The second-order valence-electron chi connectivity index (χ2n) is 9.31. The number of pyridine rings is 1. The van der Waals surface area contributed by atoms with Crippen LogP contribution in [0.1, 0.15) is 37.7 Å². The van der Waals surface area contributed by atoms with Crippen molar-refractivity contribution in [1.29, 1.82) is 0 Å². The highest BCUT2D eigenvalue weighted by Gasteiger charge is 2.55. The Labute approximate surface area is 214 Å². The Morgan fingerprint density at radius 2 is 1.68 bits per heavy atom. The van der Waals surface area contributed by atoms with Gasteiger partial charge in [0.15, 0.2) is 13.2 Å². The minimum atomic E-state index is -4.59. The smallest absolute Gasteiger partial charge is 0.418 e. The number of nitrogens with zero attached hydrogens (tertiary/aromatic N) is 1. The number of carbonyl (C=O) groups excluding carboxylic acids is 2. The molecule has 1 aromatic heterocycles. The number of hydrogen-bond donors (Lipinski definition) is 3. The molecule has 3 saturated carbocycles. The second kappa shape index (κ2) is 10.3. The highest BCUT2D eigenvalue weighted by molar-refractivity contribution is 6.30. The van der Waals surface area contributed by atoms with Gasteiger partial charge in [0.05, 0.1) is 28.4 Å². The number of ether oxygens (including phenoxy) is 2. The summed E-state index contributed by atoms with van der Waals surface area (Å²) in [5.41, 5.74) is -2.61. The molecule has 1 aromatic carbocycles. The zero-order valence-corrected chi connectivity index (χ0v) is 20.2. The van der Waals surface area contributed by atoms with Crippen molar-refractivity contribution in [2.45, 2.75) is 55.5 Å². The second-order valence-corrected chi connectivity index (χ2v) is 9.72. The molecule has 1 atom stereocenters. The van der Waals surface area contributed by atoms with Crippen LogP contribution < -0.4 is 20.1 Å². The molecule has 8 nitrogen and oxygen atoms in total. The summed E-state index contributed by atoms with van der Waals surface area (Å²) in [5.74, 6) is -1.77. The molecule has 0 aliphatic heterocycles. The van der Waals surface area contributed by atoms with E-state index in [4.69, 9.17) is 21.1 Å². The summed E-state index contributed by atoms with van der Waals surface area (Å²) in [7, 11) is 0. The fourth-order valence-electron chi connectivity index (χ4n) is 4.82. The zero-order chi connectivity index (χ0) is 26.8. The molecule has 0 unspecified atom stereocenters. The van der Waals surface area contributed by atoms with Gasteiger partial charge in [0, 0.05) is 17.8 Å². The predicted molar refractivity (Wildman–Crippen MR) is 122 cm³/mol. The molecule has 3 aliphatic carbocycles. The van der Waals surface area contributed by atoms with Gasteiger partial charge in [-0.1, -0.05) is 11.6 Å². The minimum absolute atomic E-state index is 0.0658. The molecule has 200 valence electrons. The molecule has 0 radical (unpaired) electrons. The van der Waals surface area contributed by atoms with Crippen LogP contribution in [0.15, 0.2) is 36.7 Å². The average molecular weight is 546 g/mol. The van der Waals surface area contributed by atoms with Gasteiger partial charge in [-0.2, -0.15) is 13.2 Å². The number of alkyl halides is 3. The van der Waals surface area contributed by atoms with Crippen LogP contribution in [0.5, 0.6) is 11.5 Å². The summed E-state index contributed by atoms with van der Waals surface area (Å²) in [6.45, 7) is -0.912. The highest BCUT2D eigenvalue weighted by Crippen LogP contribution is 2.47. The first-order valence-electron chi connectivity index (χ1n) is 11.4. The molecule has 0 saturated heterocycles. The van der Waals surface area contributed by atoms with Crippen molar-refractivity contribution >= 4 is 23.4 Å². The Hall–Kier alpha value is -3.12. The minimum Gasteiger partial charge on any atom is -0.484 e. The predicted octanol–water partition coefficient (Wildman–Crippen LogP) is 3.40. The van der Waals surface area contributed by atoms with Crippen LogP contribution in [0.4, 0.5) is 17.6 Å². The van der Waals surface area contributed by atoms with E-state index in [1.54, 1.807) is 0 Å². The SMILES string of the molecule is O=C(COc1ccc(Cl)c(F)c1)NC12CCC(NC(=O)COc3cncc(C(F)(F)F)c3)(CC1)[C@@H](O)C2. The quantitative estimate of drug-likeness (QED) is 0.439. The van der Waals surface area contributed by atoms with Gasteiger partial charge in [0.1, 0.15) is 17.3 Å². The van der Waals surface area contributed by atoms with E-state index in [9.17, 15) is 32.3 Å². The molecule has 3 fully saturated rings. The molecule has 2 bridgehead atoms. The summed E-state index contributed by atoms with van der Waals surface area (Å²) in [6, 6.07) is 4.57. The number of carbonyl (C=O) groups is 2. The third kappa shape index (κ3) is 6.24. The number of benzene rings is 1. The fraction of sp³-hybridized carbons (Fsp3) is 0.458. The van der Waals surface area contributed by atoms with Crippen LogP contribution in [0.2, 0.25) is 5.02 Å². The van der Waals surface area contributed by atoms with Crippen molar-refractivity contribution in [2.75, 3.05) is 13.2 Å². The number of halogens is 5. The lowest BCUT2D eigenvalue weighted by atomic mass is 9.60. The lowest BCUT2D eigenvalue weighted by molar-refractivity contribution is -0.138. The van der Waals surface area contributed by atoms with Crippen molar-refractivity contribution in [1.82, 2.24) is 15.6 Å². The molecule has 1 heterocycles. The first-order valence-corrected chi connectivity index (χ1v) is 11.8. The van der Waals surface area contributed by atoms with E-state index in [2.05, 4.69) is 15.6 Å². The summed E-state index contributed by atoms with van der Waals surface area (Å²) >= 11 is 5.63. The van der Waals surface area contributed by atoms with E-state index >= 15 is 0 Å². The van der Waals surface area contributed by atoms with Crippen LogP contribution in [0.3, 0.4) is 0 Å². The summed E-state index contributed by atoms with van der Waals surface area (Å²) in [6.07, 6.45) is -1.96. The van der Waals surface area contributed by atoms with Gasteiger partial charge >= 0.3 is 6.18 Å². The number of fused-ring (bicyclic) bond motifs is 3. The maximum absolute atomic E-state index is 13.5. The average Bonchev–Trinajstić information content (AvgIpc) is 2.84. The largest absolute Gasteiger partial charge is 0.484 e. The Morgan fingerprint density at radius 3 is 2.30 bits per heavy atom. The van der Waals surface area contributed by atoms with Crippen molar-refractivity contribution in [3.05, 3.63) is 53.1 Å². The van der Waals surface area contributed by atoms with Crippen LogP contribution >= 0.6 is 11.6 Å². The fourth-order valence-corrected chi connectivity index (χ4v) is 4.94. The van der Waals surface area contributed by atoms with E-state index in [0.29, 0.717) is 31.9 Å². The van der Waals surface area contributed by atoms with Crippen LogP contribution in [-0.4, -0.2) is 52.3 Å². The van der Waals surface area contributed by atoms with Crippen molar-refractivity contribution in [3.8, 4) is 11.5 Å². The summed E-state index contributed by atoms with van der Waals surface area (Å²) < 4.78 is 62.5. The topological polar surface area (TPSA) is 110 Å². The Bertz CT molecular complexity index is 1170. The van der Waals surface area contributed by atoms with Gasteiger partial charge in [-0.15, -0.1) is 0 Å². The molecule has 37 heavy (non-hydrogen) atoms. The number of amides is 2. The van der Waals surface area contributed by atoms with Crippen LogP contribution in [-0.2, 0) is 15.8 Å². The first-order chi connectivity index (χ1) is 17.4. The van der Waals surface area contributed by atoms with Gasteiger partial charge < -0.3 is 25.2 Å².